The largest absolute Gasteiger partial charge is 0.452 e. The monoisotopic (exact) mass is 290 g/mol. The van der Waals surface area contributed by atoms with E-state index in [0.29, 0.717) is 5.69 Å². The van der Waals surface area contributed by atoms with Crippen molar-refractivity contribution in [3.05, 3.63) is 29.8 Å². The standard InChI is InChI=1S/C16H22N2O3/c1-12(16(20)18-9-3-2-4-10-18)21-15(19)11-13-5-7-14(17)8-6-13/h5-8,12H,2-4,9-11,17H2,1H3. The number of amides is 1. The first-order valence-corrected chi connectivity index (χ1v) is 7.39. The minimum Gasteiger partial charge on any atom is -0.452 e. The Hall–Kier alpha value is -2.04. The summed E-state index contributed by atoms with van der Waals surface area (Å²) < 4.78 is 5.24. The second-order valence-corrected chi connectivity index (χ2v) is 5.44. The lowest BCUT2D eigenvalue weighted by Crippen LogP contribution is -2.42. The van der Waals surface area contributed by atoms with Crippen LogP contribution in [0.1, 0.15) is 31.7 Å². The van der Waals surface area contributed by atoms with E-state index in [1.807, 2.05) is 0 Å². The lowest BCUT2D eigenvalue weighted by molar-refractivity contribution is -0.159. The molecule has 5 nitrogen and oxygen atoms in total. The number of esters is 1. The molecule has 1 aliphatic heterocycles. The highest BCUT2D eigenvalue weighted by atomic mass is 16.5. The van der Waals surface area contributed by atoms with E-state index in [0.717, 1.165) is 37.9 Å². The van der Waals surface area contributed by atoms with Crippen LogP contribution in [0.2, 0.25) is 0 Å². The highest BCUT2D eigenvalue weighted by molar-refractivity contribution is 5.84. The molecular weight excluding hydrogens is 268 g/mol. The number of rotatable bonds is 4. The van der Waals surface area contributed by atoms with Crippen LogP contribution >= 0.6 is 0 Å². The highest BCUT2D eigenvalue weighted by Gasteiger charge is 2.24. The maximum atomic E-state index is 12.2. The summed E-state index contributed by atoms with van der Waals surface area (Å²) in [6.07, 6.45) is 2.65. The molecule has 1 atom stereocenters. The molecule has 1 aromatic rings. The van der Waals surface area contributed by atoms with Gasteiger partial charge in [-0.2, -0.15) is 0 Å². The van der Waals surface area contributed by atoms with E-state index in [2.05, 4.69) is 0 Å². The predicted octanol–water partition coefficient (Wildman–Crippen LogP) is 1.76. The van der Waals surface area contributed by atoms with Crippen LogP contribution in [-0.4, -0.2) is 36.0 Å². The number of piperidine rings is 1. The van der Waals surface area contributed by atoms with E-state index in [4.69, 9.17) is 10.5 Å². The lowest BCUT2D eigenvalue weighted by Gasteiger charge is -2.28. The average Bonchev–Trinajstić information content (AvgIpc) is 2.49. The zero-order valence-electron chi connectivity index (χ0n) is 12.4. The van der Waals surface area contributed by atoms with Gasteiger partial charge in [0.25, 0.3) is 5.91 Å². The number of likely N-dealkylation sites (tertiary alicyclic amines) is 1. The SMILES string of the molecule is CC(OC(=O)Cc1ccc(N)cc1)C(=O)N1CCCCC1. The van der Waals surface area contributed by atoms with Crippen LogP contribution in [0.5, 0.6) is 0 Å². The molecule has 0 bridgehead atoms. The van der Waals surface area contributed by atoms with Crippen molar-refractivity contribution in [2.45, 2.75) is 38.7 Å². The van der Waals surface area contributed by atoms with E-state index < -0.39 is 12.1 Å². The fourth-order valence-electron chi connectivity index (χ4n) is 2.46. The summed E-state index contributed by atoms with van der Waals surface area (Å²) >= 11 is 0. The quantitative estimate of drug-likeness (QED) is 0.677. The number of hydrogen-bond donors (Lipinski definition) is 1. The van der Waals surface area contributed by atoms with E-state index in [-0.39, 0.29) is 12.3 Å². The Morgan fingerprint density at radius 2 is 1.81 bits per heavy atom. The van der Waals surface area contributed by atoms with E-state index >= 15 is 0 Å². The Morgan fingerprint density at radius 3 is 2.43 bits per heavy atom. The molecule has 114 valence electrons. The van der Waals surface area contributed by atoms with Gasteiger partial charge in [-0.15, -0.1) is 0 Å². The van der Waals surface area contributed by atoms with E-state index in [1.165, 1.54) is 0 Å². The lowest BCUT2D eigenvalue weighted by atomic mass is 10.1. The van der Waals surface area contributed by atoms with Crippen LogP contribution in [-0.2, 0) is 20.7 Å². The molecule has 1 unspecified atom stereocenters. The van der Waals surface area contributed by atoms with E-state index in [1.54, 1.807) is 36.1 Å². The number of hydrogen-bond acceptors (Lipinski definition) is 4. The molecule has 1 amide bonds. The van der Waals surface area contributed by atoms with Gasteiger partial charge in [0.05, 0.1) is 6.42 Å². The van der Waals surface area contributed by atoms with Crippen molar-refractivity contribution in [3.63, 3.8) is 0 Å². The molecule has 5 heteroatoms. The third kappa shape index (κ3) is 4.48. The second-order valence-electron chi connectivity index (χ2n) is 5.44. The van der Waals surface area contributed by atoms with Gasteiger partial charge < -0.3 is 15.4 Å². The molecule has 0 radical (unpaired) electrons. The number of ether oxygens (including phenoxy) is 1. The normalized spacial score (nSPS) is 16.3. The van der Waals surface area contributed by atoms with Crippen molar-refractivity contribution >= 4 is 17.6 Å². The fraction of sp³-hybridized carbons (Fsp3) is 0.500. The number of carbonyl (C=O) groups excluding carboxylic acids is 2. The molecule has 0 saturated carbocycles. The molecule has 1 heterocycles. The second kappa shape index (κ2) is 7.11. The summed E-state index contributed by atoms with van der Waals surface area (Å²) in [6.45, 7) is 3.16. The molecule has 0 aliphatic carbocycles. The molecule has 0 spiro atoms. The van der Waals surface area contributed by atoms with Crippen LogP contribution in [0.4, 0.5) is 5.69 Å². The summed E-state index contributed by atoms with van der Waals surface area (Å²) in [6, 6.07) is 7.05. The average molecular weight is 290 g/mol. The van der Waals surface area contributed by atoms with Gasteiger partial charge in [-0.3, -0.25) is 9.59 Å². The molecule has 2 N–H and O–H groups in total. The van der Waals surface area contributed by atoms with Crippen LogP contribution in [0, 0.1) is 0 Å². The number of nitrogens with two attached hydrogens (primary N) is 1. The van der Waals surface area contributed by atoms with Crippen molar-refractivity contribution in [3.8, 4) is 0 Å². The molecule has 1 saturated heterocycles. The maximum Gasteiger partial charge on any atom is 0.311 e. The topological polar surface area (TPSA) is 72.6 Å². The van der Waals surface area contributed by atoms with Gasteiger partial charge in [0.1, 0.15) is 0 Å². The van der Waals surface area contributed by atoms with Crippen molar-refractivity contribution in [1.29, 1.82) is 0 Å². The molecule has 1 fully saturated rings. The summed E-state index contributed by atoms with van der Waals surface area (Å²) in [7, 11) is 0. The Morgan fingerprint density at radius 1 is 1.19 bits per heavy atom. The maximum absolute atomic E-state index is 12.2. The first-order valence-electron chi connectivity index (χ1n) is 7.39. The summed E-state index contributed by atoms with van der Waals surface area (Å²) in [5.74, 6) is -0.488. The molecule has 1 aromatic carbocycles. The van der Waals surface area contributed by atoms with Crippen LogP contribution in [0.25, 0.3) is 0 Å². The van der Waals surface area contributed by atoms with Crippen LogP contribution in [0.15, 0.2) is 24.3 Å². The minimum absolute atomic E-state index is 0.0969. The number of benzene rings is 1. The Balaban J connectivity index is 1.83. The smallest absolute Gasteiger partial charge is 0.311 e. The van der Waals surface area contributed by atoms with Gasteiger partial charge in [0.15, 0.2) is 6.10 Å². The number of nitrogens with zero attached hydrogens (tertiary/aromatic N) is 1. The van der Waals surface area contributed by atoms with Gasteiger partial charge >= 0.3 is 5.97 Å². The zero-order valence-corrected chi connectivity index (χ0v) is 12.4. The van der Waals surface area contributed by atoms with Crippen molar-refractivity contribution in [2.24, 2.45) is 0 Å². The summed E-state index contributed by atoms with van der Waals surface area (Å²) in [5.41, 5.74) is 7.07. The zero-order chi connectivity index (χ0) is 15.2. The number of nitrogen functional groups attached to an aromatic ring is 1. The van der Waals surface area contributed by atoms with E-state index in [9.17, 15) is 9.59 Å². The molecule has 2 rings (SSSR count). The van der Waals surface area contributed by atoms with Gasteiger partial charge in [-0.1, -0.05) is 12.1 Å². The van der Waals surface area contributed by atoms with Crippen LogP contribution in [0.3, 0.4) is 0 Å². The van der Waals surface area contributed by atoms with Crippen molar-refractivity contribution in [2.75, 3.05) is 18.8 Å². The number of carbonyl (C=O) groups is 2. The van der Waals surface area contributed by atoms with Gasteiger partial charge in [-0.05, 0) is 43.9 Å². The Kier molecular flexibility index (Phi) is 5.20. The third-order valence-electron chi connectivity index (χ3n) is 3.65. The molecule has 0 aromatic heterocycles. The first kappa shape index (κ1) is 15.4. The molecular formula is C16H22N2O3. The minimum atomic E-state index is -0.718. The first-order chi connectivity index (χ1) is 10.1. The van der Waals surface area contributed by atoms with Crippen LogP contribution < -0.4 is 5.73 Å². The Bertz CT molecular complexity index is 493. The Labute approximate surface area is 125 Å². The molecule has 1 aliphatic rings. The van der Waals surface area contributed by atoms with Crippen molar-refractivity contribution < 1.29 is 14.3 Å². The highest BCUT2D eigenvalue weighted by Crippen LogP contribution is 2.12. The number of anilines is 1. The van der Waals surface area contributed by atoms with Gasteiger partial charge in [-0.25, -0.2) is 0 Å². The predicted molar refractivity (Wildman–Crippen MR) is 80.5 cm³/mol. The molecule has 21 heavy (non-hydrogen) atoms. The van der Waals surface area contributed by atoms with Crippen molar-refractivity contribution in [1.82, 2.24) is 4.90 Å². The fourth-order valence-corrected chi connectivity index (χ4v) is 2.46. The summed E-state index contributed by atoms with van der Waals surface area (Å²) in [4.78, 5) is 25.8. The van der Waals surface area contributed by atoms with Gasteiger partial charge in [0, 0.05) is 18.8 Å². The third-order valence-corrected chi connectivity index (χ3v) is 3.65. The summed E-state index contributed by atoms with van der Waals surface area (Å²) in [5, 5.41) is 0. The van der Waals surface area contributed by atoms with Gasteiger partial charge in [0.2, 0.25) is 0 Å².